The maximum Gasteiger partial charge on any atom is 0.258 e. The third-order valence-corrected chi connectivity index (χ3v) is 3.96. The molecule has 0 radical (unpaired) electrons. The maximum absolute atomic E-state index is 12.7. The molecule has 0 aliphatic heterocycles. The Morgan fingerprint density at radius 1 is 0.963 bits per heavy atom. The first-order chi connectivity index (χ1) is 13.1. The topological polar surface area (TPSA) is 62.3 Å². The molecule has 27 heavy (non-hydrogen) atoms. The largest absolute Gasteiger partial charge is 0.322 e. The van der Waals surface area contributed by atoms with Crippen LogP contribution in [0.1, 0.15) is 15.9 Å². The summed E-state index contributed by atoms with van der Waals surface area (Å²) in [7, 11) is 1.72. The minimum Gasteiger partial charge on any atom is -0.322 e. The van der Waals surface area contributed by atoms with Crippen molar-refractivity contribution in [2.75, 3.05) is 17.3 Å². The van der Waals surface area contributed by atoms with E-state index in [4.69, 9.17) is 0 Å². The zero-order chi connectivity index (χ0) is 19.1. The Balaban J connectivity index is 1.69. The molecule has 5 nitrogen and oxygen atoms in total. The van der Waals surface area contributed by atoms with Crippen molar-refractivity contribution < 1.29 is 9.59 Å². The number of hydrogen-bond acceptors (Lipinski definition) is 3. The molecule has 1 N–H and O–H groups in total. The van der Waals surface area contributed by atoms with Crippen molar-refractivity contribution >= 4 is 29.3 Å². The van der Waals surface area contributed by atoms with E-state index in [2.05, 4.69) is 10.3 Å². The number of benzene rings is 2. The second kappa shape index (κ2) is 8.58. The second-order valence-electron chi connectivity index (χ2n) is 5.88. The molecule has 0 aliphatic rings. The Morgan fingerprint density at radius 2 is 1.70 bits per heavy atom. The number of aromatic nitrogens is 1. The molecule has 3 aromatic rings. The van der Waals surface area contributed by atoms with Crippen LogP contribution in [-0.2, 0) is 4.79 Å². The summed E-state index contributed by atoms with van der Waals surface area (Å²) in [6, 6.07) is 19.9. The fourth-order valence-corrected chi connectivity index (χ4v) is 2.52. The molecular formula is C22H19N3O2. The van der Waals surface area contributed by atoms with Crippen LogP contribution in [-0.4, -0.2) is 23.8 Å². The molecule has 1 heterocycles. The van der Waals surface area contributed by atoms with Gasteiger partial charge in [0.05, 0.1) is 0 Å². The summed E-state index contributed by atoms with van der Waals surface area (Å²) >= 11 is 0. The SMILES string of the molecule is CN(C(=O)c1cccc(NC(=O)/C=C/c2ccncc2)c1)c1ccccc1. The lowest BCUT2D eigenvalue weighted by molar-refractivity contribution is -0.111. The van der Waals surface area contributed by atoms with Crippen molar-refractivity contribution in [3.05, 3.63) is 96.3 Å². The zero-order valence-corrected chi connectivity index (χ0v) is 14.9. The van der Waals surface area contributed by atoms with Gasteiger partial charge in [0.15, 0.2) is 0 Å². The van der Waals surface area contributed by atoms with Gasteiger partial charge >= 0.3 is 0 Å². The number of carbonyl (C=O) groups is 2. The van der Waals surface area contributed by atoms with Crippen molar-refractivity contribution in [3.63, 3.8) is 0 Å². The predicted octanol–water partition coefficient (Wildman–Crippen LogP) is 4.01. The number of anilines is 2. The maximum atomic E-state index is 12.7. The molecule has 3 rings (SSSR count). The summed E-state index contributed by atoms with van der Waals surface area (Å²) in [5.41, 5.74) is 2.75. The second-order valence-corrected chi connectivity index (χ2v) is 5.88. The van der Waals surface area contributed by atoms with Crippen molar-refractivity contribution in [1.29, 1.82) is 0 Å². The van der Waals surface area contributed by atoms with E-state index in [1.54, 1.807) is 54.7 Å². The minimum absolute atomic E-state index is 0.148. The van der Waals surface area contributed by atoms with Crippen molar-refractivity contribution in [2.45, 2.75) is 0 Å². The number of carbonyl (C=O) groups excluding carboxylic acids is 2. The van der Waals surface area contributed by atoms with Gasteiger partial charge in [-0.2, -0.15) is 0 Å². The van der Waals surface area contributed by atoms with Gasteiger partial charge in [0.1, 0.15) is 0 Å². The van der Waals surface area contributed by atoms with Gasteiger partial charge in [-0.1, -0.05) is 24.3 Å². The summed E-state index contributed by atoms with van der Waals surface area (Å²) in [4.78, 5) is 30.3. The number of hydrogen-bond donors (Lipinski definition) is 1. The van der Waals surface area contributed by atoms with Crippen molar-refractivity contribution in [1.82, 2.24) is 4.98 Å². The molecule has 0 saturated carbocycles. The first kappa shape index (κ1) is 18.1. The Labute approximate surface area is 158 Å². The third kappa shape index (κ3) is 4.89. The average Bonchev–Trinajstić information content (AvgIpc) is 2.73. The van der Waals surface area contributed by atoms with Crippen molar-refractivity contribution in [2.24, 2.45) is 0 Å². The fourth-order valence-electron chi connectivity index (χ4n) is 2.52. The van der Waals surface area contributed by atoms with Gasteiger partial charge < -0.3 is 10.2 Å². The Morgan fingerprint density at radius 3 is 2.44 bits per heavy atom. The van der Waals surface area contributed by atoms with Crippen LogP contribution in [0.15, 0.2) is 85.2 Å². The lowest BCUT2D eigenvalue weighted by atomic mass is 10.1. The van der Waals surface area contributed by atoms with Crippen LogP contribution in [0.5, 0.6) is 0 Å². The molecular weight excluding hydrogens is 338 g/mol. The lowest BCUT2D eigenvalue weighted by Gasteiger charge is -2.17. The van der Waals surface area contributed by atoms with Gasteiger partial charge in [0, 0.05) is 42.5 Å². The van der Waals surface area contributed by atoms with E-state index in [0.717, 1.165) is 11.3 Å². The number of nitrogens with zero attached hydrogens (tertiary/aromatic N) is 2. The molecule has 0 spiro atoms. The molecule has 5 heteroatoms. The standard InChI is InChI=1S/C22H19N3O2/c1-25(20-8-3-2-4-9-20)22(27)18-6-5-7-19(16-18)24-21(26)11-10-17-12-14-23-15-13-17/h2-16H,1H3,(H,24,26)/b11-10+. The summed E-state index contributed by atoms with van der Waals surface area (Å²) < 4.78 is 0. The molecule has 0 saturated heterocycles. The molecule has 1 aromatic heterocycles. The summed E-state index contributed by atoms with van der Waals surface area (Å²) in [6.07, 6.45) is 6.47. The first-order valence-electron chi connectivity index (χ1n) is 8.46. The Bertz CT molecular complexity index is 954. The number of pyridine rings is 1. The third-order valence-electron chi connectivity index (χ3n) is 3.96. The van der Waals surface area contributed by atoms with Gasteiger partial charge in [0.25, 0.3) is 5.91 Å². The molecule has 0 unspecified atom stereocenters. The van der Waals surface area contributed by atoms with E-state index >= 15 is 0 Å². The van der Waals surface area contributed by atoms with Gasteiger partial charge in [-0.05, 0) is 54.1 Å². The average molecular weight is 357 g/mol. The summed E-state index contributed by atoms with van der Waals surface area (Å²) in [5, 5.41) is 2.77. The van der Waals surface area contributed by atoms with Crippen LogP contribution in [0.4, 0.5) is 11.4 Å². The predicted molar refractivity (Wildman–Crippen MR) is 108 cm³/mol. The van der Waals surface area contributed by atoms with E-state index < -0.39 is 0 Å². The van der Waals surface area contributed by atoms with Gasteiger partial charge in [0.2, 0.25) is 5.91 Å². The van der Waals surface area contributed by atoms with E-state index in [-0.39, 0.29) is 11.8 Å². The van der Waals surface area contributed by atoms with E-state index in [9.17, 15) is 9.59 Å². The molecule has 0 aliphatic carbocycles. The van der Waals surface area contributed by atoms with E-state index in [1.165, 1.54) is 6.08 Å². The summed E-state index contributed by atoms with van der Waals surface area (Å²) in [6.45, 7) is 0. The number of rotatable bonds is 5. The first-order valence-corrected chi connectivity index (χ1v) is 8.46. The summed E-state index contributed by atoms with van der Waals surface area (Å²) in [5.74, 6) is -0.419. The quantitative estimate of drug-likeness (QED) is 0.702. The molecule has 2 aromatic carbocycles. The van der Waals surface area contributed by atoms with Crippen LogP contribution in [0.2, 0.25) is 0 Å². The van der Waals surface area contributed by atoms with Gasteiger partial charge in [-0.3, -0.25) is 14.6 Å². The normalized spacial score (nSPS) is 10.6. The van der Waals surface area contributed by atoms with Gasteiger partial charge in [-0.25, -0.2) is 0 Å². The Hall–Kier alpha value is -3.73. The highest BCUT2D eigenvalue weighted by atomic mass is 16.2. The van der Waals surface area contributed by atoms with E-state index in [0.29, 0.717) is 11.3 Å². The Kier molecular flexibility index (Phi) is 5.74. The zero-order valence-electron chi connectivity index (χ0n) is 14.9. The monoisotopic (exact) mass is 357 g/mol. The van der Waals surface area contributed by atoms with Crippen LogP contribution in [0.3, 0.4) is 0 Å². The lowest BCUT2D eigenvalue weighted by Crippen LogP contribution is -2.26. The van der Waals surface area contributed by atoms with Crippen LogP contribution >= 0.6 is 0 Å². The molecule has 0 fully saturated rings. The molecule has 2 amide bonds. The minimum atomic E-state index is -0.271. The highest BCUT2D eigenvalue weighted by molar-refractivity contribution is 6.07. The van der Waals surface area contributed by atoms with Crippen LogP contribution < -0.4 is 10.2 Å². The highest BCUT2D eigenvalue weighted by Gasteiger charge is 2.13. The fraction of sp³-hybridized carbons (Fsp3) is 0.0455. The van der Waals surface area contributed by atoms with Gasteiger partial charge in [-0.15, -0.1) is 0 Å². The van der Waals surface area contributed by atoms with Crippen LogP contribution in [0, 0.1) is 0 Å². The van der Waals surface area contributed by atoms with Crippen LogP contribution in [0.25, 0.3) is 6.08 Å². The number of amides is 2. The number of nitrogens with one attached hydrogen (secondary N) is 1. The number of para-hydroxylation sites is 1. The smallest absolute Gasteiger partial charge is 0.258 e. The molecule has 134 valence electrons. The molecule has 0 bridgehead atoms. The molecule has 0 atom stereocenters. The highest BCUT2D eigenvalue weighted by Crippen LogP contribution is 2.17. The van der Waals surface area contributed by atoms with Crippen molar-refractivity contribution in [3.8, 4) is 0 Å². The van der Waals surface area contributed by atoms with E-state index in [1.807, 2.05) is 42.5 Å².